The molecule has 2 unspecified atom stereocenters. The standard InChI is InChI=1S/C12H19NO2S/c1-9-2-4-10(5-3-9)12(6-13)16-8-11(15)7-14/h2-5,11-12,14-15H,6-8,13H2,1H3. The molecule has 0 aliphatic heterocycles. The van der Waals surface area contributed by atoms with Gasteiger partial charge in [0.25, 0.3) is 0 Å². The van der Waals surface area contributed by atoms with Gasteiger partial charge in [-0.15, -0.1) is 11.8 Å². The molecule has 0 aliphatic carbocycles. The topological polar surface area (TPSA) is 66.5 Å². The summed E-state index contributed by atoms with van der Waals surface area (Å²) in [6.07, 6.45) is -0.663. The van der Waals surface area contributed by atoms with Gasteiger partial charge in [0.15, 0.2) is 0 Å². The Morgan fingerprint density at radius 1 is 1.31 bits per heavy atom. The van der Waals surface area contributed by atoms with Crippen molar-refractivity contribution in [2.24, 2.45) is 5.73 Å². The molecule has 0 heterocycles. The SMILES string of the molecule is Cc1ccc(C(CN)SCC(O)CO)cc1. The van der Waals surface area contributed by atoms with Crippen LogP contribution in [0.15, 0.2) is 24.3 Å². The van der Waals surface area contributed by atoms with Gasteiger partial charge in [0.1, 0.15) is 0 Å². The molecule has 2 atom stereocenters. The van der Waals surface area contributed by atoms with E-state index in [1.807, 2.05) is 6.92 Å². The van der Waals surface area contributed by atoms with E-state index < -0.39 is 6.10 Å². The van der Waals surface area contributed by atoms with Crippen LogP contribution >= 0.6 is 11.8 Å². The monoisotopic (exact) mass is 241 g/mol. The molecule has 0 saturated heterocycles. The van der Waals surface area contributed by atoms with Gasteiger partial charge in [-0.2, -0.15) is 0 Å². The molecule has 0 saturated carbocycles. The molecule has 0 fully saturated rings. The van der Waals surface area contributed by atoms with E-state index in [1.54, 1.807) is 11.8 Å². The van der Waals surface area contributed by atoms with Crippen LogP contribution in [0.3, 0.4) is 0 Å². The molecule has 1 rings (SSSR count). The molecule has 4 heteroatoms. The zero-order valence-corrected chi connectivity index (χ0v) is 10.3. The van der Waals surface area contributed by atoms with Crippen LogP contribution in [0.1, 0.15) is 16.4 Å². The molecule has 90 valence electrons. The van der Waals surface area contributed by atoms with Gasteiger partial charge in [-0.1, -0.05) is 29.8 Å². The molecular weight excluding hydrogens is 222 g/mol. The molecule has 0 aliphatic rings. The van der Waals surface area contributed by atoms with Crippen molar-refractivity contribution in [3.05, 3.63) is 35.4 Å². The van der Waals surface area contributed by atoms with Crippen molar-refractivity contribution in [2.45, 2.75) is 18.3 Å². The lowest BCUT2D eigenvalue weighted by Crippen LogP contribution is -2.18. The van der Waals surface area contributed by atoms with Gasteiger partial charge in [-0.05, 0) is 12.5 Å². The maximum absolute atomic E-state index is 9.28. The van der Waals surface area contributed by atoms with Crippen LogP contribution < -0.4 is 5.73 Å². The van der Waals surface area contributed by atoms with Crippen molar-refractivity contribution < 1.29 is 10.2 Å². The Balaban J connectivity index is 2.57. The predicted octanol–water partition coefficient (Wildman–Crippen LogP) is 1.08. The quantitative estimate of drug-likeness (QED) is 0.697. The molecular formula is C12H19NO2S. The number of nitrogens with two attached hydrogens (primary N) is 1. The smallest absolute Gasteiger partial charge is 0.0861 e. The maximum atomic E-state index is 9.28. The fourth-order valence-electron chi connectivity index (χ4n) is 1.36. The lowest BCUT2D eigenvalue weighted by Gasteiger charge is -2.16. The molecule has 3 nitrogen and oxygen atoms in total. The number of benzene rings is 1. The van der Waals surface area contributed by atoms with Crippen molar-refractivity contribution in [3.8, 4) is 0 Å². The first-order valence-corrected chi connectivity index (χ1v) is 6.39. The van der Waals surface area contributed by atoms with Crippen molar-refractivity contribution in [1.82, 2.24) is 0 Å². The summed E-state index contributed by atoms with van der Waals surface area (Å²) in [6.45, 7) is 2.38. The van der Waals surface area contributed by atoms with E-state index in [0.717, 1.165) is 0 Å². The average Bonchev–Trinajstić information content (AvgIpc) is 2.31. The second-order valence-electron chi connectivity index (χ2n) is 3.80. The van der Waals surface area contributed by atoms with Crippen LogP contribution in [0.2, 0.25) is 0 Å². The van der Waals surface area contributed by atoms with E-state index in [9.17, 15) is 5.11 Å². The minimum absolute atomic E-state index is 0.182. The highest BCUT2D eigenvalue weighted by Crippen LogP contribution is 2.28. The zero-order valence-electron chi connectivity index (χ0n) is 9.47. The predicted molar refractivity (Wildman–Crippen MR) is 68.5 cm³/mol. The number of aliphatic hydroxyl groups excluding tert-OH is 2. The molecule has 0 aromatic heterocycles. The number of thioether (sulfide) groups is 1. The largest absolute Gasteiger partial charge is 0.394 e. The third-order valence-corrected chi connectivity index (χ3v) is 3.81. The highest BCUT2D eigenvalue weighted by atomic mass is 32.2. The first-order valence-electron chi connectivity index (χ1n) is 5.34. The number of aryl methyl sites for hydroxylation is 1. The number of rotatable bonds is 6. The van der Waals surface area contributed by atoms with Crippen LogP contribution in [-0.4, -0.2) is 35.2 Å². The Hall–Kier alpha value is -0.550. The molecule has 1 aromatic carbocycles. The molecule has 0 amide bonds. The summed E-state index contributed by atoms with van der Waals surface area (Å²) in [4.78, 5) is 0. The third-order valence-electron chi connectivity index (χ3n) is 2.36. The van der Waals surface area contributed by atoms with E-state index in [-0.39, 0.29) is 11.9 Å². The van der Waals surface area contributed by atoms with Crippen molar-refractivity contribution in [1.29, 1.82) is 0 Å². The second kappa shape index (κ2) is 6.91. The fraction of sp³-hybridized carbons (Fsp3) is 0.500. The van der Waals surface area contributed by atoms with E-state index in [2.05, 4.69) is 24.3 Å². The van der Waals surface area contributed by atoms with Gasteiger partial charge >= 0.3 is 0 Å². The summed E-state index contributed by atoms with van der Waals surface area (Å²) in [6, 6.07) is 8.23. The van der Waals surface area contributed by atoms with Crippen LogP contribution in [0.25, 0.3) is 0 Å². The van der Waals surface area contributed by atoms with Gasteiger partial charge in [-0.3, -0.25) is 0 Å². The van der Waals surface area contributed by atoms with Crippen LogP contribution in [0.5, 0.6) is 0 Å². The summed E-state index contributed by atoms with van der Waals surface area (Å²) in [5, 5.41) is 18.2. The van der Waals surface area contributed by atoms with Crippen molar-refractivity contribution >= 4 is 11.8 Å². The minimum atomic E-state index is -0.663. The normalized spacial score (nSPS) is 14.8. The summed E-state index contributed by atoms with van der Waals surface area (Å²) in [5.74, 6) is 0.506. The summed E-state index contributed by atoms with van der Waals surface area (Å²) in [5.41, 5.74) is 8.10. The number of hydrogen-bond acceptors (Lipinski definition) is 4. The Morgan fingerprint density at radius 3 is 2.44 bits per heavy atom. The summed E-state index contributed by atoms with van der Waals surface area (Å²) >= 11 is 1.58. The first kappa shape index (κ1) is 13.5. The summed E-state index contributed by atoms with van der Waals surface area (Å²) in [7, 11) is 0. The van der Waals surface area contributed by atoms with Gasteiger partial charge < -0.3 is 15.9 Å². The van der Waals surface area contributed by atoms with Gasteiger partial charge in [0.05, 0.1) is 12.7 Å². The zero-order chi connectivity index (χ0) is 12.0. The Labute approximate surface area is 101 Å². The third kappa shape index (κ3) is 4.14. The molecule has 0 bridgehead atoms. The molecule has 1 aromatic rings. The van der Waals surface area contributed by atoms with Gasteiger partial charge in [0, 0.05) is 17.5 Å². The van der Waals surface area contributed by atoms with Crippen LogP contribution in [-0.2, 0) is 0 Å². The Kier molecular flexibility index (Phi) is 5.84. The van der Waals surface area contributed by atoms with E-state index >= 15 is 0 Å². The highest BCUT2D eigenvalue weighted by Gasteiger charge is 2.12. The Bertz CT molecular complexity index is 302. The van der Waals surface area contributed by atoms with E-state index in [4.69, 9.17) is 10.8 Å². The molecule has 16 heavy (non-hydrogen) atoms. The van der Waals surface area contributed by atoms with Crippen LogP contribution in [0.4, 0.5) is 0 Å². The van der Waals surface area contributed by atoms with Crippen molar-refractivity contribution in [2.75, 3.05) is 18.9 Å². The maximum Gasteiger partial charge on any atom is 0.0861 e. The fourth-order valence-corrected chi connectivity index (χ4v) is 2.41. The lowest BCUT2D eigenvalue weighted by atomic mass is 10.1. The van der Waals surface area contributed by atoms with Gasteiger partial charge in [0.2, 0.25) is 0 Å². The Morgan fingerprint density at radius 2 is 1.94 bits per heavy atom. The molecule has 0 spiro atoms. The minimum Gasteiger partial charge on any atom is -0.394 e. The first-order chi connectivity index (χ1) is 7.67. The molecule has 4 N–H and O–H groups in total. The number of aliphatic hydroxyl groups is 2. The second-order valence-corrected chi connectivity index (χ2v) is 5.04. The average molecular weight is 241 g/mol. The molecule has 0 radical (unpaired) electrons. The van der Waals surface area contributed by atoms with Crippen LogP contribution in [0, 0.1) is 6.92 Å². The number of hydrogen-bond donors (Lipinski definition) is 3. The summed E-state index contributed by atoms with van der Waals surface area (Å²) < 4.78 is 0. The lowest BCUT2D eigenvalue weighted by molar-refractivity contribution is 0.113. The van der Waals surface area contributed by atoms with E-state index in [1.165, 1.54) is 11.1 Å². The van der Waals surface area contributed by atoms with Crippen molar-refractivity contribution in [3.63, 3.8) is 0 Å². The highest BCUT2D eigenvalue weighted by molar-refractivity contribution is 7.99. The van der Waals surface area contributed by atoms with E-state index in [0.29, 0.717) is 12.3 Å². The van der Waals surface area contributed by atoms with Gasteiger partial charge in [-0.25, -0.2) is 0 Å².